The number of Topliss-reactive ketones (excluding diaryl/α,β-unsaturated/α-hetero) is 1. The summed E-state index contributed by atoms with van der Waals surface area (Å²) in [5, 5.41) is 11.1. The van der Waals surface area contributed by atoms with Crippen molar-refractivity contribution >= 4 is 11.8 Å². The molecule has 0 aromatic heterocycles. The Morgan fingerprint density at radius 3 is 2.24 bits per heavy atom. The van der Waals surface area contributed by atoms with Crippen LogP contribution in [0.1, 0.15) is 113 Å². The Kier molecular flexibility index (Phi) is 4.83. The van der Waals surface area contributed by atoms with Crippen LogP contribution in [0.15, 0.2) is 11.6 Å². The zero-order valence-electron chi connectivity index (χ0n) is 22.1. The zero-order chi connectivity index (χ0) is 24.2. The quantitative estimate of drug-likeness (QED) is 0.419. The van der Waals surface area contributed by atoms with E-state index in [0.29, 0.717) is 30.0 Å². The van der Waals surface area contributed by atoms with Crippen molar-refractivity contribution in [2.24, 2.45) is 50.2 Å². The summed E-state index contributed by atoms with van der Waals surface area (Å²) in [6, 6.07) is 0. The van der Waals surface area contributed by atoms with Crippen molar-refractivity contribution in [3.63, 3.8) is 0 Å². The van der Waals surface area contributed by atoms with Crippen LogP contribution in [0.2, 0.25) is 0 Å². The number of carbonyl (C=O) groups is 2. The van der Waals surface area contributed by atoms with Crippen molar-refractivity contribution in [3.8, 4) is 0 Å². The topological polar surface area (TPSA) is 54.4 Å². The molecule has 7 atom stereocenters. The van der Waals surface area contributed by atoms with Crippen molar-refractivity contribution in [2.75, 3.05) is 0 Å². The van der Waals surface area contributed by atoms with Gasteiger partial charge in [-0.15, -0.1) is 0 Å². The summed E-state index contributed by atoms with van der Waals surface area (Å²) >= 11 is 0. The number of aliphatic carboxylic acids is 1. The Bertz CT molecular complexity index is 927. The highest BCUT2D eigenvalue weighted by Crippen LogP contribution is 2.75. The molecule has 33 heavy (non-hydrogen) atoms. The van der Waals surface area contributed by atoms with E-state index in [0.717, 1.165) is 44.9 Å². The van der Waals surface area contributed by atoms with Gasteiger partial charge in [-0.25, -0.2) is 0 Å². The fourth-order valence-corrected chi connectivity index (χ4v) is 10.4. The van der Waals surface area contributed by atoms with E-state index in [1.807, 2.05) is 0 Å². The minimum atomic E-state index is -0.743. The van der Waals surface area contributed by atoms with E-state index in [2.05, 4.69) is 54.5 Å². The van der Waals surface area contributed by atoms with Gasteiger partial charge in [0, 0.05) is 11.8 Å². The molecule has 5 aliphatic carbocycles. The lowest BCUT2D eigenvalue weighted by Gasteiger charge is -2.70. The van der Waals surface area contributed by atoms with Gasteiger partial charge in [0.1, 0.15) is 5.78 Å². The molecule has 0 unspecified atom stereocenters. The van der Waals surface area contributed by atoms with Crippen molar-refractivity contribution < 1.29 is 14.7 Å². The van der Waals surface area contributed by atoms with Crippen LogP contribution in [0.25, 0.3) is 0 Å². The first-order valence-corrected chi connectivity index (χ1v) is 13.6. The first-order valence-electron chi connectivity index (χ1n) is 13.6. The van der Waals surface area contributed by atoms with Gasteiger partial charge in [0.2, 0.25) is 0 Å². The zero-order valence-corrected chi connectivity index (χ0v) is 22.1. The fraction of sp³-hybridized carbons (Fsp3) is 0.867. The molecule has 0 bridgehead atoms. The Hall–Kier alpha value is -1.12. The van der Waals surface area contributed by atoms with Crippen LogP contribution in [0.4, 0.5) is 0 Å². The summed E-state index contributed by atoms with van der Waals surface area (Å²) in [5.74, 6) is 0.911. The molecule has 3 nitrogen and oxygen atoms in total. The number of allylic oxidation sites excluding steroid dienone is 1. The third-order valence-electron chi connectivity index (χ3n) is 12.6. The highest BCUT2D eigenvalue weighted by molar-refractivity contribution is 5.86. The summed E-state index contributed by atoms with van der Waals surface area (Å²) in [5.41, 5.74) is 0.560. The average Bonchev–Trinajstić information content (AvgIpc) is 2.71. The molecular weight excluding hydrogens is 408 g/mol. The summed E-state index contributed by atoms with van der Waals surface area (Å²) in [4.78, 5) is 26.4. The minimum absolute atomic E-state index is 0.0292. The second kappa shape index (κ2) is 6.76. The maximum Gasteiger partial charge on any atom is 0.314 e. The third kappa shape index (κ3) is 2.80. The SMILES string of the molecule is CC1(C)CC[C@]2(C)CC[C@]3(C(=O)O)C(=CC[C@@H]4[C@@]5(C)CCC(=O)C(C)(C)[C@@H]5CC[C@]43C)[C@@H]2C1. The smallest absolute Gasteiger partial charge is 0.314 e. The Morgan fingerprint density at radius 1 is 0.909 bits per heavy atom. The van der Waals surface area contributed by atoms with E-state index < -0.39 is 11.4 Å². The lowest BCUT2D eigenvalue weighted by molar-refractivity contribution is -0.200. The molecule has 0 saturated heterocycles. The van der Waals surface area contributed by atoms with Crippen LogP contribution < -0.4 is 0 Å². The van der Waals surface area contributed by atoms with Crippen LogP contribution in [-0.2, 0) is 9.59 Å². The molecular formula is C30H46O3. The molecule has 184 valence electrons. The fourth-order valence-electron chi connectivity index (χ4n) is 10.4. The van der Waals surface area contributed by atoms with Crippen molar-refractivity contribution in [3.05, 3.63) is 11.6 Å². The molecule has 0 spiro atoms. The van der Waals surface area contributed by atoms with Crippen LogP contribution >= 0.6 is 0 Å². The monoisotopic (exact) mass is 454 g/mol. The van der Waals surface area contributed by atoms with E-state index in [1.54, 1.807) is 0 Å². The van der Waals surface area contributed by atoms with Gasteiger partial charge in [0.15, 0.2) is 0 Å². The summed E-state index contributed by atoms with van der Waals surface area (Å²) in [7, 11) is 0. The molecule has 0 amide bonds. The van der Waals surface area contributed by atoms with Gasteiger partial charge in [-0.2, -0.15) is 0 Å². The lowest BCUT2D eigenvalue weighted by Crippen LogP contribution is -2.66. The Morgan fingerprint density at radius 2 is 1.58 bits per heavy atom. The molecule has 1 N–H and O–H groups in total. The van der Waals surface area contributed by atoms with Crippen LogP contribution in [0.5, 0.6) is 0 Å². The first kappa shape index (κ1) is 23.6. The lowest BCUT2D eigenvalue weighted by atomic mass is 9.33. The molecule has 3 heteroatoms. The molecule has 5 aliphatic rings. The average molecular weight is 455 g/mol. The predicted molar refractivity (Wildman–Crippen MR) is 132 cm³/mol. The second-order valence-corrected chi connectivity index (χ2v) is 14.9. The van der Waals surface area contributed by atoms with Gasteiger partial charge in [-0.3, -0.25) is 9.59 Å². The van der Waals surface area contributed by atoms with Gasteiger partial charge in [-0.05, 0) is 97.2 Å². The van der Waals surface area contributed by atoms with E-state index in [1.165, 1.54) is 18.4 Å². The first-order chi connectivity index (χ1) is 15.1. The number of carbonyl (C=O) groups excluding carboxylic acids is 1. The van der Waals surface area contributed by atoms with Gasteiger partial charge >= 0.3 is 5.97 Å². The Balaban J connectivity index is 1.65. The molecule has 0 aliphatic heterocycles. The third-order valence-corrected chi connectivity index (χ3v) is 12.6. The number of fused-ring (bicyclic) bond motifs is 7. The molecule has 0 radical (unpaired) electrons. The van der Waals surface area contributed by atoms with Gasteiger partial charge in [0.25, 0.3) is 0 Å². The maximum absolute atomic E-state index is 13.5. The van der Waals surface area contributed by atoms with Crippen molar-refractivity contribution in [1.82, 2.24) is 0 Å². The number of carboxylic acids is 1. The number of ketones is 1. The second-order valence-electron chi connectivity index (χ2n) is 14.9. The molecule has 0 aromatic rings. The molecule has 0 aromatic carbocycles. The molecule has 0 heterocycles. The van der Waals surface area contributed by atoms with Gasteiger partial charge < -0.3 is 5.11 Å². The van der Waals surface area contributed by atoms with Crippen molar-refractivity contribution in [1.29, 1.82) is 0 Å². The van der Waals surface area contributed by atoms with E-state index in [4.69, 9.17) is 0 Å². The molecule has 5 rings (SSSR count). The number of rotatable bonds is 1. The van der Waals surface area contributed by atoms with Gasteiger partial charge in [-0.1, -0.05) is 60.1 Å². The predicted octanol–water partition coefficient (Wildman–Crippen LogP) is 7.44. The highest BCUT2D eigenvalue weighted by atomic mass is 16.4. The standard InChI is InChI=1S/C30H46O3/c1-25(2)14-15-27(5)16-17-30(24(32)33)19(20(27)18-25)8-9-22-28(6)12-11-23(31)26(3,4)21(28)10-13-29(22,30)7/h8,20-22H,9-18H2,1-7H3,(H,32,33)/t20-,21-,22+,27+,28-,29+,30+/m0/s1. The normalized spacial score (nSPS) is 50.2. The minimum Gasteiger partial charge on any atom is -0.481 e. The van der Waals surface area contributed by atoms with Crippen LogP contribution in [0.3, 0.4) is 0 Å². The number of hydrogen-bond acceptors (Lipinski definition) is 2. The van der Waals surface area contributed by atoms with Crippen molar-refractivity contribution in [2.45, 2.75) is 113 Å². The van der Waals surface area contributed by atoms with E-state index in [9.17, 15) is 14.7 Å². The summed E-state index contributed by atoms with van der Waals surface area (Å²) < 4.78 is 0. The summed E-state index contributed by atoms with van der Waals surface area (Å²) in [6.45, 7) is 16.3. The number of hydrogen-bond donors (Lipinski definition) is 1. The highest BCUT2D eigenvalue weighted by Gasteiger charge is 2.71. The maximum atomic E-state index is 13.5. The Labute approximate surface area is 201 Å². The van der Waals surface area contributed by atoms with E-state index >= 15 is 0 Å². The van der Waals surface area contributed by atoms with Crippen LogP contribution in [-0.4, -0.2) is 16.9 Å². The van der Waals surface area contributed by atoms with Gasteiger partial charge in [0.05, 0.1) is 5.41 Å². The number of carboxylic acid groups (broad SMARTS) is 1. The van der Waals surface area contributed by atoms with Crippen LogP contribution in [0, 0.1) is 50.2 Å². The summed E-state index contributed by atoms with van der Waals surface area (Å²) in [6.07, 6.45) is 12.3. The largest absolute Gasteiger partial charge is 0.481 e. The van der Waals surface area contributed by atoms with E-state index in [-0.39, 0.29) is 27.1 Å². The molecule has 4 saturated carbocycles. The molecule has 4 fully saturated rings.